The topological polar surface area (TPSA) is 71.5 Å². The summed E-state index contributed by atoms with van der Waals surface area (Å²) >= 11 is 0. The van der Waals surface area contributed by atoms with Crippen molar-refractivity contribution in [1.82, 2.24) is 9.71 Å². The standard InChI is InChI=1S/C13H19N3O3S/c1-3-8-19-11-6-7-16(10-11)13-5-4-12(9-15-13)20(17,18)14-2/h3-5,9,11,14H,1,6-8,10H2,2H3. The molecule has 20 heavy (non-hydrogen) atoms. The summed E-state index contributed by atoms with van der Waals surface area (Å²) in [6.07, 6.45) is 4.22. The van der Waals surface area contributed by atoms with Gasteiger partial charge in [0.1, 0.15) is 10.7 Å². The molecule has 1 aliphatic rings. The van der Waals surface area contributed by atoms with Crippen LogP contribution in [0.5, 0.6) is 0 Å². The van der Waals surface area contributed by atoms with Crippen LogP contribution < -0.4 is 9.62 Å². The van der Waals surface area contributed by atoms with Crippen molar-refractivity contribution >= 4 is 15.8 Å². The Morgan fingerprint density at radius 2 is 2.40 bits per heavy atom. The molecule has 0 aliphatic carbocycles. The molecule has 1 unspecified atom stereocenters. The number of hydrogen-bond donors (Lipinski definition) is 1. The van der Waals surface area contributed by atoms with Gasteiger partial charge in [0.15, 0.2) is 0 Å². The van der Waals surface area contributed by atoms with Crippen LogP contribution in [0, 0.1) is 0 Å². The van der Waals surface area contributed by atoms with Crippen molar-refractivity contribution in [2.45, 2.75) is 17.4 Å². The van der Waals surface area contributed by atoms with E-state index in [4.69, 9.17) is 4.74 Å². The summed E-state index contributed by atoms with van der Waals surface area (Å²) in [5.41, 5.74) is 0. The molecule has 2 heterocycles. The summed E-state index contributed by atoms with van der Waals surface area (Å²) in [6.45, 7) is 5.79. The third-order valence-corrected chi connectivity index (χ3v) is 4.62. The Kier molecular flexibility index (Phi) is 4.74. The van der Waals surface area contributed by atoms with Gasteiger partial charge in [-0.1, -0.05) is 6.08 Å². The molecule has 7 heteroatoms. The van der Waals surface area contributed by atoms with Gasteiger partial charge in [0.2, 0.25) is 10.0 Å². The molecule has 0 radical (unpaired) electrons. The third kappa shape index (κ3) is 3.36. The largest absolute Gasteiger partial charge is 0.372 e. The minimum Gasteiger partial charge on any atom is -0.372 e. The van der Waals surface area contributed by atoms with E-state index in [-0.39, 0.29) is 11.0 Å². The van der Waals surface area contributed by atoms with Gasteiger partial charge in [-0.3, -0.25) is 0 Å². The molecule has 1 fully saturated rings. The zero-order chi connectivity index (χ0) is 14.6. The molecule has 1 aliphatic heterocycles. The van der Waals surface area contributed by atoms with Crippen LogP contribution >= 0.6 is 0 Å². The van der Waals surface area contributed by atoms with Crippen molar-refractivity contribution < 1.29 is 13.2 Å². The monoisotopic (exact) mass is 297 g/mol. The highest BCUT2D eigenvalue weighted by molar-refractivity contribution is 7.89. The van der Waals surface area contributed by atoms with Crippen molar-refractivity contribution in [1.29, 1.82) is 0 Å². The second-order valence-corrected chi connectivity index (χ2v) is 6.42. The van der Waals surface area contributed by atoms with Gasteiger partial charge in [-0.05, 0) is 25.6 Å². The molecule has 0 saturated carbocycles. The second-order valence-electron chi connectivity index (χ2n) is 4.54. The Hall–Kier alpha value is -1.44. The first kappa shape index (κ1) is 15.0. The molecule has 1 saturated heterocycles. The van der Waals surface area contributed by atoms with E-state index in [1.54, 1.807) is 18.2 Å². The number of aromatic nitrogens is 1. The molecule has 110 valence electrons. The molecule has 6 nitrogen and oxygen atoms in total. The van der Waals surface area contributed by atoms with Crippen molar-refractivity contribution in [3.05, 3.63) is 31.0 Å². The van der Waals surface area contributed by atoms with Crippen molar-refractivity contribution in [3.63, 3.8) is 0 Å². The van der Waals surface area contributed by atoms with Crippen LogP contribution in [0.3, 0.4) is 0 Å². The van der Waals surface area contributed by atoms with Crippen molar-refractivity contribution in [2.75, 3.05) is 31.6 Å². The fourth-order valence-electron chi connectivity index (χ4n) is 2.11. The molecular formula is C13H19N3O3S. The number of hydrogen-bond acceptors (Lipinski definition) is 5. The molecule has 1 atom stereocenters. The smallest absolute Gasteiger partial charge is 0.241 e. The van der Waals surface area contributed by atoms with E-state index in [0.717, 1.165) is 25.3 Å². The van der Waals surface area contributed by atoms with Gasteiger partial charge < -0.3 is 9.64 Å². The second kappa shape index (κ2) is 6.34. The zero-order valence-electron chi connectivity index (χ0n) is 11.4. The number of nitrogens with one attached hydrogen (secondary N) is 1. The normalized spacial score (nSPS) is 19.2. The molecule has 0 bridgehead atoms. The van der Waals surface area contributed by atoms with E-state index in [1.807, 2.05) is 0 Å². The molecule has 0 aromatic carbocycles. The van der Waals surface area contributed by atoms with E-state index < -0.39 is 10.0 Å². The van der Waals surface area contributed by atoms with Crippen molar-refractivity contribution in [2.24, 2.45) is 0 Å². The molecule has 1 N–H and O–H groups in total. The third-order valence-electron chi connectivity index (χ3n) is 3.22. The first-order valence-corrected chi connectivity index (χ1v) is 7.92. The summed E-state index contributed by atoms with van der Waals surface area (Å²) in [5.74, 6) is 0.768. The lowest BCUT2D eigenvalue weighted by Crippen LogP contribution is -2.24. The van der Waals surface area contributed by atoms with Crippen molar-refractivity contribution in [3.8, 4) is 0 Å². The highest BCUT2D eigenvalue weighted by Gasteiger charge is 2.24. The molecule has 0 amide bonds. The van der Waals surface area contributed by atoms with Crippen LogP contribution in [0.15, 0.2) is 35.9 Å². The average molecular weight is 297 g/mol. The first-order valence-electron chi connectivity index (χ1n) is 6.44. The molecule has 1 aromatic heterocycles. The maximum Gasteiger partial charge on any atom is 0.241 e. The van der Waals surface area contributed by atoms with Gasteiger partial charge in [0, 0.05) is 19.3 Å². The SMILES string of the molecule is C=CCOC1CCN(c2ccc(S(=O)(=O)NC)cn2)C1. The fourth-order valence-corrected chi connectivity index (χ4v) is 2.79. The Morgan fingerprint density at radius 1 is 1.60 bits per heavy atom. The van der Waals surface area contributed by atoms with Gasteiger partial charge in [-0.25, -0.2) is 18.1 Å². The van der Waals surface area contributed by atoms with Crippen LogP contribution in [0.2, 0.25) is 0 Å². The summed E-state index contributed by atoms with van der Waals surface area (Å²) in [4.78, 5) is 6.48. The molecule has 0 spiro atoms. The summed E-state index contributed by atoms with van der Waals surface area (Å²) in [7, 11) is -2.05. The fraction of sp³-hybridized carbons (Fsp3) is 0.462. The van der Waals surface area contributed by atoms with E-state index in [9.17, 15) is 8.42 Å². The van der Waals surface area contributed by atoms with Crippen LogP contribution in [0.1, 0.15) is 6.42 Å². The van der Waals surface area contributed by atoms with Crippen LogP contribution in [-0.4, -0.2) is 46.2 Å². The zero-order valence-corrected chi connectivity index (χ0v) is 12.3. The number of ether oxygens (including phenoxy) is 1. The van der Waals surface area contributed by atoms with Gasteiger partial charge in [0.05, 0.1) is 12.7 Å². The number of sulfonamides is 1. The predicted octanol–water partition coefficient (Wildman–Crippen LogP) is 0.771. The van der Waals surface area contributed by atoms with E-state index in [1.165, 1.54) is 13.2 Å². The van der Waals surface area contributed by atoms with Gasteiger partial charge in [-0.15, -0.1) is 6.58 Å². The Balaban J connectivity index is 2.03. The highest BCUT2D eigenvalue weighted by Crippen LogP contribution is 2.20. The number of rotatable bonds is 6. The van der Waals surface area contributed by atoms with Gasteiger partial charge in [0.25, 0.3) is 0 Å². The lowest BCUT2D eigenvalue weighted by atomic mass is 10.3. The molecule has 1 aromatic rings. The predicted molar refractivity (Wildman–Crippen MR) is 77.2 cm³/mol. The van der Waals surface area contributed by atoms with Crippen LogP contribution in [-0.2, 0) is 14.8 Å². The summed E-state index contributed by atoms with van der Waals surface area (Å²) in [5, 5.41) is 0. The van der Waals surface area contributed by atoms with Crippen LogP contribution in [0.4, 0.5) is 5.82 Å². The van der Waals surface area contributed by atoms with Gasteiger partial charge in [-0.2, -0.15) is 0 Å². The summed E-state index contributed by atoms with van der Waals surface area (Å²) < 4.78 is 31.1. The number of anilines is 1. The minimum absolute atomic E-state index is 0.169. The molecular weight excluding hydrogens is 278 g/mol. The van der Waals surface area contributed by atoms with Crippen LogP contribution in [0.25, 0.3) is 0 Å². The summed E-state index contributed by atoms with van der Waals surface area (Å²) in [6, 6.07) is 3.28. The van der Waals surface area contributed by atoms with Gasteiger partial charge >= 0.3 is 0 Å². The Bertz CT molecular complexity index is 557. The first-order chi connectivity index (χ1) is 9.56. The maximum atomic E-state index is 11.6. The van der Waals surface area contributed by atoms with E-state index >= 15 is 0 Å². The average Bonchev–Trinajstić information content (AvgIpc) is 2.94. The lowest BCUT2D eigenvalue weighted by molar-refractivity contribution is 0.0909. The van der Waals surface area contributed by atoms with E-state index in [2.05, 4.69) is 21.2 Å². The van der Waals surface area contributed by atoms with E-state index in [0.29, 0.717) is 6.61 Å². The number of nitrogens with zero attached hydrogens (tertiary/aromatic N) is 2. The highest BCUT2D eigenvalue weighted by atomic mass is 32.2. The Morgan fingerprint density at radius 3 is 3.00 bits per heavy atom. The lowest BCUT2D eigenvalue weighted by Gasteiger charge is -2.17. The Labute approximate surface area is 119 Å². The maximum absolute atomic E-state index is 11.6. The number of pyridine rings is 1. The minimum atomic E-state index is -3.43. The molecule has 2 rings (SSSR count). The quantitative estimate of drug-likeness (QED) is 0.785.